The number of methoxy groups -OCH3 is 1. The molecule has 0 bridgehead atoms. The van der Waals surface area contributed by atoms with Gasteiger partial charge in [-0.25, -0.2) is 0 Å². The first-order chi connectivity index (χ1) is 9.31. The summed E-state index contributed by atoms with van der Waals surface area (Å²) in [5.41, 5.74) is 0. The lowest BCUT2D eigenvalue weighted by atomic mass is 10.1. The molecule has 0 saturated carbocycles. The number of ether oxygens (including phenoxy) is 4. The molecule has 1 aliphatic heterocycles. The summed E-state index contributed by atoms with van der Waals surface area (Å²) in [6, 6.07) is 0. The van der Waals surface area contributed by atoms with Gasteiger partial charge in [-0.05, 0) is 19.3 Å². The third-order valence-electron chi connectivity index (χ3n) is 3.45. The second-order valence-electron chi connectivity index (χ2n) is 5.11. The van der Waals surface area contributed by atoms with Gasteiger partial charge in [0.15, 0.2) is 6.29 Å². The predicted molar refractivity (Wildman–Crippen MR) is 75.3 cm³/mol. The lowest BCUT2D eigenvalue weighted by Crippen LogP contribution is -2.34. The summed E-state index contributed by atoms with van der Waals surface area (Å²) in [6.07, 6.45) is 6.53. The van der Waals surface area contributed by atoms with E-state index in [2.05, 4.69) is 13.8 Å². The molecule has 0 amide bonds. The van der Waals surface area contributed by atoms with E-state index in [0.717, 1.165) is 51.7 Å². The Bertz CT molecular complexity index is 210. The van der Waals surface area contributed by atoms with Crippen molar-refractivity contribution in [2.45, 2.75) is 70.9 Å². The summed E-state index contributed by atoms with van der Waals surface area (Å²) >= 11 is 0. The van der Waals surface area contributed by atoms with Crippen LogP contribution in [0.3, 0.4) is 0 Å². The van der Waals surface area contributed by atoms with Crippen molar-refractivity contribution in [1.82, 2.24) is 0 Å². The summed E-state index contributed by atoms with van der Waals surface area (Å²) in [5, 5.41) is 0. The molecular weight excluding hydrogens is 244 g/mol. The largest absolute Gasteiger partial charge is 0.379 e. The Hall–Kier alpha value is -0.160. The maximum atomic E-state index is 5.93. The van der Waals surface area contributed by atoms with Crippen molar-refractivity contribution in [2.75, 3.05) is 26.9 Å². The summed E-state index contributed by atoms with van der Waals surface area (Å²) < 4.78 is 22.7. The van der Waals surface area contributed by atoms with Gasteiger partial charge in [-0.1, -0.05) is 26.7 Å². The molecule has 19 heavy (non-hydrogen) atoms. The fraction of sp³-hybridized carbons (Fsp3) is 1.00. The number of rotatable bonds is 11. The molecule has 0 aromatic heterocycles. The van der Waals surface area contributed by atoms with Crippen LogP contribution in [-0.2, 0) is 18.9 Å². The maximum absolute atomic E-state index is 5.93. The minimum absolute atomic E-state index is 0.0450. The van der Waals surface area contributed by atoms with Crippen molar-refractivity contribution in [1.29, 1.82) is 0 Å². The van der Waals surface area contributed by atoms with Gasteiger partial charge < -0.3 is 18.9 Å². The first-order valence-corrected chi connectivity index (χ1v) is 7.69. The summed E-state index contributed by atoms with van der Waals surface area (Å²) in [5.74, 6) is 0. The van der Waals surface area contributed by atoms with Crippen LogP contribution in [-0.4, -0.2) is 45.4 Å². The van der Waals surface area contributed by atoms with Crippen LogP contribution in [0.25, 0.3) is 0 Å². The molecule has 1 rings (SSSR count). The molecule has 0 aromatic rings. The minimum atomic E-state index is -0.0714. The highest BCUT2D eigenvalue weighted by molar-refractivity contribution is 4.77. The zero-order valence-electron chi connectivity index (χ0n) is 12.7. The van der Waals surface area contributed by atoms with Gasteiger partial charge in [0, 0.05) is 26.7 Å². The van der Waals surface area contributed by atoms with E-state index >= 15 is 0 Å². The van der Waals surface area contributed by atoms with Gasteiger partial charge in [-0.2, -0.15) is 0 Å². The molecule has 114 valence electrons. The van der Waals surface area contributed by atoms with Gasteiger partial charge in [-0.15, -0.1) is 0 Å². The summed E-state index contributed by atoms with van der Waals surface area (Å²) in [6.45, 7) is 6.57. The molecule has 0 aliphatic carbocycles. The van der Waals surface area contributed by atoms with E-state index in [4.69, 9.17) is 18.9 Å². The lowest BCUT2D eigenvalue weighted by molar-refractivity contribution is -0.159. The highest BCUT2D eigenvalue weighted by Crippen LogP contribution is 2.24. The van der Waals surface area contributed by atoms with E-state index in [9.17, 15) is 0 Å². The zero-order valence-corrected chi connectivity index (χ0v) is 12.7. The van der Waals surface area contributed by atoms with Crippen molar-refractivity contribution in [2.24, 2.45) is 0 Å². The molecular formula is C15H30O4. The van der Waals surface area contributed by atoms with Gasteiger partial charge in [0.05, 0.1) is 12.7 Å². The first kappa shape index (κ1) is 16.9. The fourth-order valence-electron chi connectivity index (χ4n) is 2.17. The quantitative estimate of drug-likeness (QED) is 0.542. The summed E-state index contributed by atoms with van der Waals surface area (Å²) in [7, 11) is 1.69. The van der Waals surface area contributed by atoms with E-state index in [0.29, 0.717) is 6.61 Å². The Balaban J connectivity index is 2.30. The van der Waals surface area contributed by atoms with Gasteiger partial charge in [0.25, 0.3) is 0 Å². The molecule has 4 heteroatoms. The minimum Gasteiger partial charge on any atom is -0.379 e. The standard InChI is InChI=1S/C15H30O4/c1-4-6-10-17-12-14(18-11-7-5-2)13-8-9-15(16-3)19-13/h13-15H,4-12H2,1-3H3. The SMILES string of the molecule is CCCCOCC(OCCCC)C1CCC(OC)O1. The summed E-state index contributed by atoms with van der Waals surface area (Å²) in [4.78, 5) is 0. The van der Waals surface area contributed by atoms with Crippen molar-refractivity contribution < 1.29 is 18.9 Å². The van der Waals surface area contributed by atoms with Crippen LogP contribution in [0.5, 0.6) is 0 Å². The average Bonchev–Trinajstić information content (AvgIpc) is 2.90. The highest BCUT2D eigenvalue weighted by Gasteiger charge is 2.32. The Labute approximate surface area is 117 Å². The molecule has 0 N–H and O–H groups in total. The monoisotopic (exact) mass is 274 g/mol. The van der Waals surface area contributed by atoms with Crippen LogP contribution >= 0.6 is 0 Å². The second kappa shape index (κ2) is 10.6. The van der Waals surface area contributed by atoms with Crippen LogP contribution in [0.1, 0.15) is 52.4 Å². The molecule has 1 heterocycles. The molecule has 1 fully saturated rings. The first-order valence-electron chi connectivity index (χ1n) is 7.69. The second-order valence-corrected chi connectivity index (χ2v) is 5.11. The van der Waals surface area contributed by atoms with Crippen LogP contribution < -0.4 is 0 Å². The smallest absolute Gasteiger partial charge is 0.157 e. The van der Waals surface area contributed by atoms with E-state index in [1.165, 1.54) is 0 Å². The molecule has 3 unspecified atom stereocenters. The lowest BCUT2D eigenvalue weighted by Gasteiger charge is -2.24. The third kappa shape index (κ3) is 6.70. The highest BCUT2D eigenvalue weighted by atomic mass is 16.7. The molecule has 1 saturated heterocycles. The Morgan fingerprint density at radius 2 is 1.84 bits per heavy atom. The average molecular weight is 274 g/mol. The van der Waals surface area contributed by atoms with Crippen molar-refractivity contribution in [3.8, 4) is 0 Å². The molecule has 4 nitrogen and oxygen atoms in total. The van der Waals surface area contributed by atoms with Crippen LogP contribution in [0.2, 0.25) is 0 Å². The predicted octanol–water partition coefficient (Wildman–Crippen LogP) is 3.14. The van der Waals surface area contributed by atoms with E-state index in [1.807, 2.05) is 0 Å². The Morgan fingerprint density at radius 3 is 2.47 bits per heavy atom. The van der Waals surface area contributed by atoms with Gasteiger partial charge >= 0.3 is 0 Å². The van der Waals surface area contributed by atoms with E-state index in [-0.39, 0.29) is 18.5 Å². The topological polar surface area (TPSA) is 36.9 Å². The number of hydrogen-bond donors (Lipinski definition) is 0. The van der Waals surface area contributed by atoms with Gasteiger partial charge in [0.2, 0.25) is 0 Å². The fourth-order valence-corrected chi connectivity index (χ4v) is 2.17. The number of unbranched alkanes of at least 4 members (excludes halogenated alkanes) is 2. The van der Waals surface area contributed by atoms with E-state index in [1.54, 1.807) is 7.11 Å². The van der Waals surface area contributed by atoms with Crippen molar-refractivity contribution >= 4 is 0 Å². The van der Waals surface area contributed by atoms with Crippen molar-refractivity contribution in [3.63, 3.8) is 0 Å². The van der Waals surface area contributed by atoms with Crippen LogP contribution in [0, 0.1) is 0 Å². The Morgan fingerprint density at radius 1 is 1.11 bits per heavy atom. The van der Waals surface area contributed by atoms with Crippen LogP contribution in [0.15, 0.2) is 0 Å². The third-order valence-corrected chi connectivity index (χ3v) is 3.45. The number of hydrogen-bond acceptors (Lipinski definition) is 4. The van der Waals surface area contributed by atoms with E-state index < -0.39 is 0 Å². The van der Waals surface area contributed by atoms with Gasteiger partial charge in [-0.3, -0.25) is 0 Å². The maximum Gasteiger partial charge on any atom is 0.157 e. The van der Waals surface area contributed by atoms with Crippen LogP contribution in [0.4, 0.5) is 0 Å². The Kier molecular flexibility index (Phi) is 9.43. The molecule has 0 spiro atoms. The normalized spacial score (nSPS) is 24.8. The molecule has 1 aliphatic rings. The van der Waals surface area contributed by atoms with Crippen molar-refractivity contribution in [3.05, 3.63) is 0 Å². The molecule has 3 atom stereocenters. The molecule has 0 radical (unpaired) electrons. The van der Waals surface area contributed by atoms with Gasteiger partial charge in [0.1, 0.15) is 6.10 Å². The molecule has 0 aromatic carbocycles. The zero-order chi connectivity index (χ0) is 13.9.